The second-order valence-corrected chi connectivity index (χ2v) is 10.1. The highest BCUT2D eigenvalue weighted by atomic mass is 32.2. The van der Waals surface area contributed by atoms with Crippen molar-refractivity contribution in [2.45, 2.75) is 56.5 Å². The molecule has 3 aromatic rings. The summed E-state index contributed by atoms with van der Waals surface area (Å²) < 4.78 is 28.6. The minimum absolute atomic E-state index is 0.283. The Bertz CT molecular complexity index is 1150. The molecule has 172 valence electrons. The summed E-state index contributed by atoms with van der Waals surface area (Å²) in [5.74, 6) is 0.763. The Balaban J connectivity index is 1.55. The van der Waals surface area contributed by atoms with Crippen molar-refractivity contribution in [3.05, 3.63) is 42.7 Å². The largest absolute Gasteiger partial charge is 0.366 e. The van der Waals surface area contributed by atoms with Gasteiger partial charge in [-0.15, -0.1) is 5.10 Å². The monoisotopic (exact) mass is 457 g/mol. The number of hydrogen-bond acceptors (Lipinski definition) is 7. The molecule has 10 heteroatoms. The molecule has 0 radical (unpaired) electrons. The van der Waals surface area contributed by atoms with Gasteiger partial charge < -0.3 is 16.4 Å². The molecule has 0 unspecified atom stereocenters. The molecule has 2 heterocycles. The van der Waals surface area contributed by atoms with Crippen LogP contribution in [0.4, 0.5) is 17.2 Å². The van der Waals surface area contributed by atoms with E-state index in [1.165, 1.54) is 4.31 Å². The van der Waals surface area contributed by atoms with Crippen LogP contribution < -0.4 is 16.4 Å². The predicted octanol–water partition coefficient (Wildman–Crippen LogP) is 3.19. The number of nitrogens with two attached hydrogens (primary N) is 1. The summed E-state index contributed by atoms with van der Waals surface area (Å²) in [5, 5.41) is 11.5. The molecule has 0 bridgehead atoms. The molecule has 9 nitrogen and oxygen atoms in total. The van der Waals surface area contributed by atoms with E-state index in [0.29, 0.717) is 30.8 Å². The smallest absolute Gasteiger partial charge is 0.243 e. The van der Waals surface area contributed by atoms with Crippen molar-refractivity contribution < 1.29 is 8.42 Å². The van der Waals surface area contributed by atoms with Crippen molar-refractivity contribution in [2.75, 3.05) is 23.7 Å². The first-order valence-electron chi connectivity index (χ1n) is 11.1. The van der Waals surface area contributed by atoms with Gasteiger partial charge >= 0.3 is 0 Å². The molecule has 0 atom stereocenters. The molecule has 1 saturated carbocycles. The molecule has 4 N–H and O–H groups in total. The van der Waals surface area contributed by atoms with Crippen molar-refractivity contribution in [1.82, 2.24) is 18.9 Å². The van der Waals surface area contributed by atoms with Crippen molar-refractivity contribution >= 4 is 32.9 Å². The van der Waals surface area contributed by atoms with Crippen LogP contribution in [-0.4, -0.2) is 52.5 Å². The van der Waals surface area contributed by atoms with Crippen LogP contribution in [0.25, 0.3) is 5.65 Å². The minimum Gasteiger partial charge on any atom is -0.366 e. The van der Waals surface area contributed by atoms with Crippen LogP contribution in [-0.2, 0) is 10.0 Å². The molecular formula is C22H31N7O2S. The first kappa shape index (κ1) is 22.5. The number of nitrogens with one attached hydrogen (secondary N) is 2. The van der Waals surface area contributed by atoms with Gasteiger partial charge in [-0.2, -0.15) is 4.31 Å². The highest BCUT2D eigenvalue weighted by molar-refractivity contribution is 7.89. The number of rotatable bonds is 8. The fourth-order valence-electron chi connectivity index (χ4n) is 4.13. The normalized spacial score (nSPS) is 19.4. The summed E-state index contributed by atoms with van der Waals surface area (Å²) in [5.41, 5.74) is 8.28. The van der Waals surface area contributed by atoms with E-state index in [-0.39, 0.29) is 4.90 Å². The van der Waals surface area contributed by atoms with Crippen LogP contribution in [0.15, 0.2) is 47.6 Å². The summed E-state index contributed by atoms with van der Waals surface area (Å²) in [7, 11) is -3.48. The third-order valence-electron chi connectivity index (χ3n) is 5.96. The lowest BCUT2D eigenvalue weighted by atomic mass is 9.92. The SMILES string of the molecule is CCN(CC)S(=O)(=O)c1ccc(Nc2cc(NC3CCC(N)CC3)nn3ccnc23)cc1. The molecule has 1 aromatic carbocycles. The van der Waals surface area contributed by atoms with E-state index in [2.05, 4.69) is 20.7 Å². The molecular weight excluding hydrogens is 426 g/mol. The maximum absolute atomic E-state index is 12.7. The van der Waals surface area contributed by atoms with Crippen molar-refractivity contribution in [3.8, 4) is 0 Å². The van der Waals surface area contributed by atoms with Crippen molar-refractivity contribution in [3.63, 3.8) is 0 Å². The van der Waals surface area contributed by atoms with Crippen molar-refractivity contribution in [2.24, 2.45) is 5.73 Å². The quantitative estimate of drug-likeness (QED) is 0.475. The Morgan fingerprint density at radius 1 is 1.12 bits per heavy atom. The number of hydrogen-bond donors (Lipinski definition) is 3. The lowest BCUT2D eigenvalue weighted by Gasteiger charge is -2.27. The van der Waals surface area contributed by atoms with Crippen LogP contribution >= 0.6 is 0 Å². The van der Waals surface area contributed by atoms with Crippen LogP contribution in [0.1, 0.15) is 39.5 Å². The van der Waals surface area contributed by atoms with E-state index in [0.717, 1.165) is 42.9 Å². The zero-order valence-corrected chi connectivity index (χ0v) is 19.3. The molecule has 0 aliphatic heterocycles. The highest BCUT2D eigenvalue weighted by Crippen LogP contribution is 2.27. The Morgan fingerprint density at radius 2 is 1.81 bits per heavy atom. The van der Waals surface area contributed by atoms with Crippen LogP contribution in [0, 0.1) is 0 Å². The second-order valence-electron chi connectivity index (χ2n) is 8.13. The molecule has 1 aliphatic rings. The van der Waals surface area contributed by atoms with Gasteiger partial charge in [0.15, 0.2) is 5.65 Å². The van der Waals surface area contributed by atoms with Gasteiger partial charge in [-0.3, -0.25) is 0 Å². The van der Waals surface area contributed by atoms with Gasteiger partial charge in [-0.25, -0.2) is 17.9 Å². The lowest BCUT2D eigenvalue weighted by Crippen LogP contribution is -2.33. The standard InChI is InChI=1S/C22H31N7O2S/c1-3-28(4-2)32(30,31)19-11-9-17(10-12-19)25-20-15-21(27-29-14-13-24-22(20)29)26-18-7-5-16(23)6-8-18/h9-16,18,25H,3-8,23H2,1-2H3,(H,26,27). The summed E-state index contributed by atoms with van der Waals surface area (Å²) in [6.45, 7) is 4.56. The van der Waals surface area contributed by atoms with E-state index in [1.54, 1.807) is 35.0 Å². The Labute approximate surface area is 189 Å². The molecule has 0 saturated heterocycles. The fraction of sp³-hybridized carbons (Fsp3) is 0.455. The Morgan fingerprint density at radius 3 is 2.47 bits per heavy atom. The summed E-state index contributed by atoms with van der Waals surface area (Å²) in [6, 6.07) is 9.38. The molecule has 4 rings (SSSR count). The van der Waals surface area contributed by atoms with Gasteiger partial charge in [0.25, 0.3) is 0 Å². The Kier molecular flexibility index (Phi) is 6.63. The van der Waals surface area contributed by atoms with Gasteiger partial charge in [0.1, 0.15) is 5.82 Å². The van der Waals surface area contributed by atoms with Crippen molar-refractivity contribution in [1.29, 1.82) is 0 Å². The molecule has 2 aromatic heterocycles. The van der Waals surface area contributed by atoms with Crippen LogP contribution in [0.5, 0.6) is 0 Å². The maximum atomic E-state index is 12.7. The number of imidazole rings is 1. The third kappa shape index (κ3) is 4.72. The van der Waals surface area contributed by atoms with Gasteiger partial charge in [0.05, 0.1) is 10.6 Å². The zero-order valence-electron chi connectivity index (χ0n) is 18.5. The summed E-state index contributed by atoms with van der Waals surface area (Å²) in [4.78, 5) is 4.69. The number of benzene rings is 1. The van der Waals surface area contributed by atoms with Gasteiger partial charge in [0, 0.05) is 49.3 Å². The predicted molar refractivity (Wildman–Crippen MR) is 127 cm³/mol. The van der Waals surface area contributed by atoms with E-state index >= 15 is 0 Å². The zero-order chi connectivity index (χ0) is 22.7. The Hall–Kier alpha value is -2.69. The van der Waals surface area contributed by atoms with E-state index in [1.807, 2.05) is 26.1 Å². The molecule has 0 amide bonds. The highest BCUT2D eigenvalue weighted by Gasteiger charge is 2.22. The van der Waals surface area contributed by atoms with Crippen LogP contribution in [0.2, 0.25) is 0 Å². The second kappa shape index (κ2) is 9.43. The van der Waals surface area contributed by atoms with Crippen LogP contribution in [0.3, 0.4) is 0 Å². The number of aromatic nitrogens is 3. The molecule has 1 fully saturated rings. The van der Waals surface area contributed by atoms with E-state index in [4.69, 9.17) is 5.73 Å². The average Bonchev–Trinajstić information content (AvgIpc) is 3.25. The molecule has 0 spiro atoms. The lowest BCUT2D eigenvalue weighted by molar-refractivity contribution is 0.410. The third-order valence-corrected chi connectivity index (χ3v) is 8.02. The van der Waals surface area contributed by atoms with Gasteiger partial charge in [-0.1, -0.05) is 13.8 Å². The number of nitrogens with zero attached hydrogens (tertiary/aromatic N) is 4. The first-order valence-corrected chi connectivity index (χ1v) is 12.6. The van der Waals surface area contributed by atoms with Gasteiger partial charge in [0.2, 0.25) is 10.0 Å². The maximum Gasteiger partial charge on any atom is 0.243 e. The molecule has 1 aliphatic carbocycles. The number of fused-ring (bicyclic) bond motifs is 1. The summed E-state index contributed by atoms with van der Waals surface area (Å²) >= 11 is 0. The van der Waals surface area contributed by atoms with E-state index in [9.17, 15) is 8.42 Å². The number of anilines is 3. The first-order chi connectivity index (χ1) is 15.4. The number of sulfonamides is 1. The summed E-state index contributed by atoms with van der Waals surface area (Å²) in [6.07, 6.45) is 7.59. The minimum atomic E-state index is -3.48. The topological polar surface area (TPSA) is 118 Å². The molecule has 32 heavy (non-hydrogen) atoms. The average molecular weight is 458 g/mol. The van der Waals surface area contributed by atoms with E-state index < -0.39 is 10.0 Å². The van der Waals surface area contributed by atoms with Gasteiger partial charge in [-0.05, 0) is 49.9 Å². The fourth-order valence-corrected chi connectivity index (χ4v) is 5.59.